The van der Waals surface area contributed by atoms with Gasteiger partial charge in [0.25, 0.3) is 0 Å². The number of amides is 1. The molecule has 1 amide bonds. The number of likely N-dealkylation sites (N-methyl/N-ethyl adjacent to an activating group) is 1. The minimum absolute atomic E-state index is 0.105. The van der Waals surface area contributed by atoms with Gasteiger partial charge in [0.2, 0.25) is 5.91 Å². The second-order valence-electron chi connectivity index (χ2n) is 5.68. The molecule has 1 aromatic rings. The zero-order valence-corrected chi connectivity index (χ0v) is 11.9. The first kappa shape index (κ1) is 14.1. The number of benzene rings is 1. The molecule has 1 atom stereocenters. The summed E-state index contributed by atoms with van der Waals surface area (Å²) in [7, 11) is 0. The van der Waals surface area contributed by atoms with Gasteiger partial charge in [0.05, 0.1) is 5.54 Å². The van der Waals surface area contributed by atoms with Crippen molar-refractivity contribution in [2.24, 2.45) is 11.7 Å². The van der Waals surface area contributed by atoms with Crippen molar-refractivity contribution in [1.29, 1.82) is 0 Å². The van der Waals surface area contributed by atoms with Crippen molar-refractivity contribution in [3.05, 3.63) is 35.9 Å². The van der Waals surface area contributed by atoms with E-state index >= 15 is 0 Å². The standard InChI is InChI=1S/C16H24N2O/c1-3-18(12-11-13-7-5-4-6-8-13)15(19)16(2,17)14-9-10-14/h4-8,14H,3,9-12,17H2,1-2H3. The van der Waals surface area contributed by atoms with Gasteiger partial charge >= 0.3 is 0 Å². The molecular formula is C16H24N2O. The van der Waals surface area contributed by atoms with E-state index < -0.39 is 5.54 Å². The summed E-state index contributed by atoms with van der Waals surface area (Å²) >= 11 is 0. The van der Waals surface area contributed by atoms with Crippen LogP contribution in [0.2, 0.25) is 0 Å². The van der Waals surface area contributed by atoms with E-state index in [2.05, 4.69) is 12.1 Å². The van der Waals surface area contributed by atoms with Crippen molar-refractivity contribution in [2.45, 2.75) is 38.6 Å². The Morgan fingerprint density at radius 2 is 2.00 bits per heavy atom. The van der Waals surface area contributed by atoms with Crippen LogP contribution in [0.5, 0.6) is 0 Å². The van der Waals surface area contributed by atoms with Crippen LogP contribution in [0.3, 0.4) is 0 Å². The molecule has 2 N–H and O–H groups in total. The fraction of sp³-hybridized carbons (Fsp3) is 0.562. The molecule has 1 unspecified atom stereocenters. The van der Waals surface area contributed by atoms with E-state index in [0.29, 0.717) is 5.92 Å². The third kappa shape index (κ3) is 3.35. The van der Waals surface area contributed by atoms with E-state index in [0.717, 1.165) is 32.4 Å². The Morgan fingerprint density at radius 1 is 1.37 bits per heavy atom. The zero-order valence-electron chi connectivity index (χ0n) is 11.9. The molecule has 0 bridgehead atoms. The highest BCUT2D eigenvalue weighted by atomic mass is 16.2. The second kappa shape index (κ2) is 5.74. The van der Waals surface area contributed by atoms with Gasteiger partial charge in [0, 0.05) is 13.1 Å². The first-order chi connectivity index (χ1) is 9.05. The van der Waals surface area contributed by atoms with Crippen molar-refractivity contribution in [1.82, 2.24) is 4.90 Å². The van der Waals surface area contributed by atoms with Gasteiger partial charge in [-0.2, -0.15) is 0 Å². The molecule has 1 aromatic carbocycles. The Morgan fingerprint density at radius 3 is 2.53 bits per heavy atom. The highest BCUT2D eigenvalue weighted by Crippen LogP contribution is 2.38. The fourth-order valence-electron chi connectivity index (χ4n) is 2.51. The van der Waals surface area contributed by atoms with Gasteiger partial charge in [-0.15, -0.1) is 0 Å². The SMILES string of the molecule is CCN(CCc1ccccc1)C(=O)C(C)(N)C1CC1. The number of carbonyl (C=O) groups is 1. The summed E-state index contributed by atoms with van der Waals surface area (Å²) in [5.74, 6) is 0.485. The second-order valence-corrected chi connectivity index (χ2v) is 5.68. The van der Waals surface area contributed by atoms with Gasteiger partial charge in [0.1, 0.15) is 0 Å². The monoisotopic (exact) mass is 260 g/mol. The number of rotatable bonds is 6. The smallest absolute Gasteiger partial charge is 0.242 e. The molecule has 2 rings (SSSR count). The van der Waals surface area contributed by atoms with E-state index in [-0.39, 0.29) is 5.91 Å². The van der Waals surface area contributed by atoms with Crippen LogP contribution in [0.15, 0.2) is 30.3 Å². The van der Waals surface area contributed by atoms with Gasteiger partial charge in [0.15, 0.2) is 0 Å². The number of nitrogens with zero attached hydrogens (tertiary/aromatic N) is 1. The Kier molecular flexibility index (Phi) is 4.25. The molecule has 0 aliphatic heterocycles. The van der Waals surface area contributed by atoms with Crippen LogP contribution in [0.4, 0.5) is 0 Å². The molecule has 3 nitrogen and oxygen atoms in total. The summed E-state index contributed by atoms with van der Waals surface area (Å²) in [6.45, 7) is 5.38. The first-order valence-corrected chi connectivity index (χ1v) is 7.18. The van der Waals surface area contributed by atoms with Crippen molar-refractivity contribution < 1.29 is 4.79 Å². The number of hydrogen-bond acceptors (Lipinski definition) is 2. The third-order valence-corrected chi connectivity index (χ3v) is 4.07. The van der Waals surface area contributed by atoms with Gasteiger partial charge in [-0.25, -0.2) is 0 Å². The van der Waals surface area contributed by atoms with Crippen molar-refractivity contribution in [2.75, 3.05) is 13.1 Å². The summed E-state index contributed by atoms with van der Waals surface area (Å²) in [5, 5.41) is 0. The van der Waals surface area contributed by atoms with Gasteiger partial charge < -0.3 is 10.6 Å². The van der Waals surface area contributed by atoms with Gasteiger partial charge in [-0.1, -0.05) is 30.3 Å². The lowest BCUT2D eigenvalue weighted by molar-refractivity contribution is -0.137. The summed E-state index contributed by atoms with van der Waals surface area (Å²) in [6.07, 6.45) is 3.07. The quantitative estimate of drug-likeness (QED) is 0.852. The lowest BCUT2D eigenvalue weighted by Gasteiger charge is -2.31. The molecule has 0 heterocycles. The Hall–Kier alpha value is -1.35. The number of nitrogens with two attached hydrogens (primary N) is 1. The van der Waals surface area contributed by atoms with Crippen molar-refractivity contribution >= 4 is 5.91 Å². The summed E-state index contributed by atoms with van der Waals surface area (Å²) in [4.78, 5) is 14.4. The van der Waals surface area contributed by atoms with Crippen LogP contribution in [0.1, 0.15) is 32.3 Å². The highest BCUT2D eigenvalue weighted by molar-refractivity contribution is 5.86. The van der Waals surface area contributed by atoms with Crippen LogP contribution in [-0.2, 0) is 11.2 Å². The molecule has 19 heavy (non-hydrogen) atoms. The predicted molar refractivity (Wildman–Crippen MR) is 77.7 cm³/mol. The zero-order chi connectivity index (χ0) is 13.9. The molecule has 3 heteroatoms. The minimum atomic E-state index is -0.674. The normalized spacial score (nSPS) is 17.8. The van der Waals surface area contributed by atoms with Crippen LogP contribution in [0.25, 0.3) is 0 Å². The van der Waals surface area contributed by atoms with Crippen molar-refractivity contribution in [3.8, 4) is 0 Å². The molecule has 1 saturated carbocycles. The van der Waals surface area contributed by atoms with E-state index in [1.54, 1.807) is 0 Å². The topological polar surface area (TPSA) is 46.3 Å². The predicted octanol–water partition coefficient (Wildman–Crippen LogP) is 2.21. The largest absolute Gasteiger partial charge is 0.341 e. The van der Waals surface area contributed by atoms with Gasteiger partial charge in [-0.05, 0) is 44.6 Å². The van der Waals surface area contributed by atoms with Crippen LogP contribution >= 0.6 is 0 Å². The van der Waals surface area contributed by atoms with Crippen LogP contribution in [0, 0.1) is 5.92 Å². The average Bonchev–Trinajstić information content (AvgIpc) is 3.25. The summed E-state index contributed by atoms with van der Waals surface area (Å²) in [6, 6.07) is 10.3. The molecule has 104 valence electrons. The van der Waals surface area contributed by atoms with E-state index in [1.165, 1.54) is 5.56 Å². The molecule has 0 saturated heterocycles. The lowest BCUT2D eigenvalue weighted by atomic mass is 9.95. The maximum atomic E-state index is 12.5. The van der Waals surface area contributed by atoms with Gasteiger partial charge in [-0.3, -0.25) is 4.79 Å². The average molecular weight is 260 g/mol. The Balaban J connectivity index is 1.94. The van der Waals surface area contributed by atoms with E-state index in [1.807, 2.05) is 36.9 Å². The third-order valence-electron chi connectivity index (χ3n) is 4.07. The molecule has 0 aromatic heterocycles. The molecule has 1 aliphatic rings. The maximum Gasteiger partial charge on any atom is 0.242 e. The number of carbonyl (C=O) groups excluding carboxylic acids is 1. The molecule has 0 radical (unpaired) electrons. The number of hydrogen-bond donors (Lipinski definition) is 1. The Bertz CT molecular complexity index is 424. The lowest BCUT2D eigenvalue weighted by Crippen LogP contribution is -2.55. The summed E-state index contributed by atoms with van der Waals surface area (Å²) in [5.41, 5.74) is 6.81. The molecule has 1 fully saturated rings. The van der Waals surface area contributed by atoms with Crippen LogP contribution in [-0.4, -0.2) is 29.4 Å². The minimum Gasteiger partial charge on any atom is -0.341 e. The van der Waals surface area contributed by atoms with Crippen molar-refractivity contribution in [3.63, 3.8) is 0 Å². The fourth-order valence-corrected chi connectivity index (χ4v) is 2.51. The molecule has 0 spiro atoms. The maximum absolute atomic E-state index is 12.5. The molecule has 1 aliphatic carbocycles. The van der Waals surface area contributed by atoms with Crippen LogP contribution < -0.4 is 5.73 Å². The highest BCUT2D eigenvalue weighted by Gasteiger charge is 2.45. The van der Waals surface area contributed by atoms with E-state index in [4.69, 9.17) is 5.73 Å². The molecular weight excluding hydrogens is 236 g/mol. The Labute approximate surface area is 115 Å². The summed E-state index contributed by atoms with van der Waals surface area (Å²) < 4.78 is 0. The van der Waals surface area contributed by atoms with E-state index in [9.17, 15) is 4.79 Å². The first-order valence-electron chi connectivity index (χ1n) is 7.18.